The van der Waals surface area contributed by atoms with Gasteiger partial charge in [-0.05, 0) is 30.7 Å². The molecule has 68 valence electrons. The highest BCUT2D eigenvalue weighted by Crippen LogP contribution is 1.95. The first-order valence-corrected chi connectivity index (χ1v) is 4.40. The van der Waals surface area contributed by atoms with E-state index in [0.717, 1.165) is 19.5 Å². The van der Waals surface area contributed by atoms with Gasteiger partial charge in [0.1, 0.15) is 0 Å². The van der Waals surface area contributed by atoms with Crippen LogP contribution in [0, 0.1) is 11.3 Å². The van der Waals surface area contributed by atoms with E-state index in [0.29, 0.717) is 6.42 Å². The van der Waals surface area contributed by atoms with E-state index in [1.54, 1.807) is 12.4 Å². The Morgan fingerprint density at radius 3 is 2.77 bits per heavy atom. The van der Waals surface area contributed by atoms with Crippen molar-refractivity contribution in [3.63, 3.8) is 0 Å². The van der Waals surface area contributed by atoms with Crippen LogP contribution >= 0.6 is 0 Å². The number of aromatic nitrogens is 1. The summed E-state index contributed by atoms with van der Waals surface area (Å²) in [6, 6.07) is 6.11. The summed E-state index contributed by atoms with van der Waals surface area (Å²) < 4.78 is 0. The molecule has 1 aromatic rings. The molecule has 0 aliphatic carbocycles. The Labute approximate surface area is 78.4 Å². The van der Waals surface area contributed by atoms with Gasteiger partial charge in [0.2, 0.25) is 0 Å². The maximum atomic E-state index is 8.28. The molecule has 0 saturated carbocycles. The minimum Gasteiger partial charge on any atom is -0.315 e. The van der Waals surface area contributed by atoms with Crippen LogP contribution < -0.4 is 5.32 Å². The van der Waals surface area contributed by atoms with Crippen molar-refractivity contribution in [2.45, 2.75) is 12.8 Å². The molecule has 0 unspecified atom stereocenters. The molecular weight excluding hydrogens is 162 g/mol. The third-order valence-electron chi connectivity index (χ3n) is 1.75. The maximum Gasteiger partial charge on any atom is 0.0635 e. The molecule has 0 fully saturated rings. The molecule has 0 saturated heterocycles. The predicted molar refractivity (Wildman–Crippen MR) is 51.0 cm³/mol. The van der Waals surface area contributed by atoms with Crippen molar-refractivity contribution in [3.05, 3.63) is 30.1 Å². The molecule has 3 heteroatoms. The number of hydrogen-bond donors (Lipinski definition) is 1. The van der Waals surface area contributed by atoms with Crippen LogP contribution in [0.15, 0.2) is 24.5 Å². The lowest BCUT2D eigenvalue weighted by Gasteiger charge is -2.01. The molecular formula is C10H13N3. The summed E-state index contributed by atoms with van der Waals surface area (Å²) in [5, 5.41) is 11.5. The Morgan fingerprint density at radius 1 is 1.31 bits per heavy atom. The molecule has 0 aromatic carbocycles. The first-order valence-electron chi connectivity index (χ1n) is 4.40. The molecule has 0 bridgehead atoms. The molecule has 1 N–H and O–H groups in total. The van der Waals surface area contributed by atoms with Crippen molar-refractivity contribution in [3.8, 4) is 6.07 Å². The fourth-order valence-corrected chi connectivity index (χ4v) is 1.05. The smallest absolute Gasteiger partial charge is 0.0635 e. The van der Waals surface area contributed by atoms with Crippen LogP contribution in [0.1, 0.15) is 12.0 Å². The van der Waals surface area contributed by atoms with Crippen LogP contribution in [0.5, 0.6) is 0 Å². The summed E-state index contributed by atoms with van der Waals surface area (Å²) in [6.45, 7) is 1.70. The zero-order valence-corrected chi connectivity index (χ0v) is 7.53. The molecule has 13 heavy (non-hydrogen) atoms. The van der Waals surface area contributed by atoms with E-state index < -0.39 is 0 Å². The van der Waals surface area contributed by atoms with Crippen LogP contribution in [0.2, 0.25) is 0 Å². The van der Waals surface area contributed by atoms with Crippen molar-refractivity contribution < 1.29 is 0 Å². The minimum absolute atomic E-state index is 0.580. The van der Waals surface area contributed by atoms with Crippen molar-refractivity contribution in [1.82, 2.24) is 10.3 Å². The van der Waals surface area contributed by atoms with E-state index >= 15 is 0 Å². The van der Waals surface area contributed by atoms with E-state index in [1.165, 1.54) is 5.56 Å². The summed E-state index contributed by atoms with van der Waals surface area (Å²) in [7, 11) is 0. The first kappa shape index (κ1) is 9.69. The van der Waals surface area contributed by atoms with E-state index in [1.807, 2.05) is 12.1 Å². The molecule has 0 amide bonds. The van der Waals surface area contributed by atoms with Crippen LogP contribution in [0.3, 0.4) is 0 Å². The zero-order chi connectivity index (χ0) is 9.36. The predicted octanol–water partition coefficient (Wildman–Crippen LogP) is 1.13. The van der Waals surface area contributed by atoms with Crippen molar-refractivity contribution in [2.75, 3.05) is 13.1 Å². The molecule has 0 spiro atoms. The molecule has 0 aliphatic rings. The average Bonchev–Trinajstić information content (AvgIpc) is 2.19. The monoisotopic (exact) mass is 175 g/mol. The summed E-state index contributed by atoms with van der Waals surface area (Å²) in [5.41, 5.74) is 1.28. The minimum atomic E-state index is 0.580. The van der Waals surface area contributed by atoms with E-state index in [9.17, 15) is 0 Å². The van der Waals surface area contributed by atoms with Crippen molar-refractivity contribution in [2.24, 2.45) is 0 Å². The van der Waals surface area contributed by atoms with E-state index in [2.05, 4.69) is 16.4 Å². The second kappa shape index (κ2) is 6.15. The Morgan fingerprint density at radius 2 is 2.08 bits per heavy atom. The van der Waals surface area contributed by atoms with Gasteiger partial charge in [0, 0.05) is 25.4 Å². The Bertz CT molecular complexity index is 263. The quantitative estimate of drug-likeness (QED) is 0.682. The molecule has 3 nitrogen and oxygen atoms in total. The zero-order valence-electron chi connectivity index (χ0n) is 7.53. The van der Waals surface area contributed by atoms with E-state index in [-0.39, 0.29) is 0 Å². The highest BCUT2D eigenvalue weighted by Gasteiger charge is 1.90. The highest BCUT2D eigenvalue weighted by molar-refractivity contribution is 5.09. The summed E-state index contributed by atoms with van der Waals surface area (Å²) in [4.78, 5) is 3.94. The number of rotatable bonds is 5. The van der Waals surface area contributed by atoms with Crippen molar-refractivity contribution >= 4 is 0 Å². The fourth-order valence-electron chi connectivity index (χ4n) is 1.05. The number of pyridine rings is 1. The SMILES string of the molecule is N#CCCNCCc1ccncc1. The Hall–Kier alpha value is -1.40. The summed E-state index contributed by atoms with van der Waals surface area (Å²) in [6.07, 6.45) is 5.17. The van der Waals surface area contributed by atoms with Crippen LogP contribution in [-0.4, -0.2) is 18.1 Å². The molecule has 0 atom stereocenters. The van der Waals surface area contributed by atoms with Crippen LogP contribution in [0.4, 0.5) is 0 Å². The van der Waals surface area contributed by atoms with Gasteiger partial charge in [-0.2, -0.15) is 5.26 Å². The first-order chi connectivity index (χ1) is 6.43. The van der Waals surface area contributed by atoms with Gasteiger partial charge < -0.3 is 5.32 Å². The number of nitrogens with one attached hydrogen (secondary N) is 1. The van der Waals surface area contributed by atoms with Gasteiger partial charge in [0.25, 0.3) is 0 Å². The lowest BCUT2D eigenvalue weighted by atomic mass is 10.2. The number of nitriles is 1. The lowest BCUT2D eigenvalue weighted by molar-refractivity contribution is 0.692. The third kappa shape index (κ3) is 4.24. The molecule has 0 aliphatic heterocycles. The van der Waals surface area contributed by atoms with Gasteiger partial charge in [-0.25, -0.2) is 0 Å². The van der Waals surface area contributed by atoms with Gasteiger partial charge in [0.15, 0.2) is 0 Å². The van der Waals surface area contributed by atoms with Gasteiger partial charge in [0.05, 0.1) is 6.07 Å². The largest absolute Gasteiger partial charge is 0.315 e. The van der Waals surface area contributed by atoms with Gasteiger partial charge in [-0.3, -0.25) is 4.98 Å². The van der Waals surface area contributed by atoms with Gasteiger partial charge in [-0.15, -0.1) is 0 Å². The highest BCUT2D eigenvalue weighted by atomic mass is 14.8. The second-order valence-electron chi connectivity index (χ2n) is 2.76. The number of hydrogen-bond acceptors (Lipinski definition) is 3. The second-order valence-corrected chi connectivity index (χ2v) is 2.76. The third-order valence-corrected chi connectivity index (χ3v) is 1.75. The fraction of sp³-hybridized carbons (Fsp3) is 0.400. The number of nitrogens with zero attached hydrogens (tertiary/aromatic N) is 2. The topological polar surface area (TPSA) is 48.7 Å². The summed E-state index contributed by atoms with van der Waals surface area (Å²) >= 11 is 0. The normalized spacial score (nSPS) is 9.46. The lowest BCUT2D eigenvalue weighted by Crippen LogP contribution is -2.17. The van der Waals surface area contributed by atoms with Crippen LogP contribution in [-0.2, 0) is 6.42 Å². The molecule has 0 radical (unpaired) electrons. The average molecular weight is 175 g/mol. The summed E-state index contributed by atoms with van der Waals surface area (Å²) in [5.74, 6) is 0. The molecule has 1 rings (SSSR count). The molecule has 1 heterocycles. The van der Waals surface area contributed by atoms with Gasteiger partial charge in [-0.1, -0.05) is 0 Å². The van der Waals surface area contributed by atoms with Crippen LogP contribution in [0.25, 0.3) is 0 Å². The van der Waals surface area contributed by atoms with Crippen molar-refractivity contribution in [1.29, 1.82) is 5.26 Å². The standard InChI is InChI=1S/C10H13N3/c11-5-1-6-12-7-2-10-3-8-13-9-4-10/h3-4,8-9,12H,1-2,6-7H2. The molecule has 1 aromatic heterocycles. The van der Waals surface area contributed by atoms with E-state index in [4.69, 9.17) is 5.26 Å². The Kier molecular flexibility index (Phi) is 4.58. The maximum absolute atomic E-state index is 8.28. The Balaban J connectivity index is 2.11. The van der Waals surface area contributed by atoms with Gasteiger partial charge >= 0.3 is 0 Å².